The summed E-state index contributed by atoms with van der Waals surface area (Å²) < 4.78 is 1.68. The largest absolute Gasteiger partial charge is 0.481 e. The lowest BCUT2D eigenvalue weighted by molar-refractivity contribution is -0.141. The van der Waals surface area contributed by atoms with Crippen molar-refractivity contribution in [3.63, 3.8) is 0 Å². The first-order chi connectivity index (χ1) is 10.0. The minimum atomic E-state index is -0.848. The highest BCUT2D eigenvalue weighted by Gasteiger charge is 2.32. The number of carbonyl (C=O) groups is 2. The molecule has 0 saturated carbocycles. The maximum Gasteiger partial charge on any atom is 0.308 e. The summed E-state index contributed by atoms with van der Waals surface area (Å²) >= 11 is 1.38. The van der Waals surface area contributed by atoms with Gasteiger partial charge in [0.05, 0.1) is 12.1 Å². The number of rotatable bonds is 3. The standard InChI is InChI=1S/C13H14N4O3S/c1-16-5-9(4-14-16)11-15-10(7-21-11)12(18)17-3-2-8(6-17)13(19)20/h4-5,7-8H,2-3,6H2,1H3,(H,19,20)/t8-/m1/s1. The lowest BCUT2D eigenvalue weighted by atomic mass is 10.1. The first-order valence-electron chi connectivity index (χ1n) is 6.51. The van der Waals surface area contributed by atoms with Crippen LogP contribution in [0, 0.1) is 5.92 Å². The summed E-state index contributed by atoms with van der Waals surface area (Å²) in [6, 6.07) is 0. The van der Waals surface area contributed by atoms with Crippen molar-refractivity contribution < 1.29 is 14.7 Å². The zero-order valence-corrected chi connectivity index (χ0v) is 12.2. The number of likely N-dealkylation sites (tertiary alicyclic amines) is 1. The predicted octanol–water partition coefficient (Wildman–Crippen LogP) is 1.09. The highest BCUT2D eigenvalue weighted by molar-refractivity contribution is 7.13. The van der Waals surface area contributed by atoms with Crippen LogP contribution in [0.15, 0.2) is 17.8 Å². The van der Waals surface area contributed by atoms with Crippen LogP contribution in [0.5, 0.6) is 0 Å². The number of hydrogen-bond acceptors (Lipinski definition) is 5. The summed E-state index contributed by atoms with van der Waals surface area (Å²) in [5.74, 6) is -1.52. The van der Waals surface area contributed by atoms with E-state index in [9.17, 15) is 9.59 Å². The average Bonchev–Trinajstić information content (AvgIpc) is 3.17. The molecule has 21 heavy (non-hydrogen) atoms. The van der Waals surface area contributed by atoms with Gasteiger partial charge in [0.2, 0.25) is 0 Å². The van der Waals surface area contributed by atoms with Crippen LogP contribution in [0.4, 0.5) is 0 Å². The van der Waals surface area contributed by atoms with Crippen molar-refractivity contribution >= 4 is 23.2 Å². The van der Waals surface area contributed by atoms with Crippen molar-refractivity contribution in [2.45, 2.75) is 6.42 Å². The van der Waals surface area contributed by atoms with E-state index in [2.05, 4.69) is 10.1 Å². The molecule has 0 aromatic carbocycles. The fraction of sp³-hybridized carbons (Fsp3) is 0.385. The van der Waals surface area contributed by atoms with Crippen molar-refractivity contribution in [1.82, 2.24) is 19.7 Å². The van der Waals surface area contributed by atoms with Crippen LogP contribution in [0.2, 0.25) is 0 Å². The van der Waals surface area contributed by atoms with E-state index < -0.39 is 11.9 Å². The van der Waals surface area contributed by atoms with Crippen molar-refractivity contribution in [1.29, 1.82) is 0 Å². The highest BCUT2D eigenvalue weighted by Crippen LogP contribution is 2.25. The van der Waals surface area contributed by atoms with Crippen molar-refractivity contribution in [3.05, 3.63) is 23.5 Å². The van der Waals surface area contributed by atoms with Gasteiger partial charge in [0, 0.05) is 37.3 Å². The van der Waals surface area contributed by atoms with Crippen molar-refractivity contribution in [3.8, 4) is 10.6 Å². The quantitative estimate of drug-likeness (QED) is 0.917. The SMILES string of the molecule is Cn1cc(-c2nc(C(=O)N3CC[C@@H](C(=O)O)C3)cs2)cn1. The smallest absolute Gasteiger partial charge is 0.308 e. The molecule has 1 fully saturated rings. The molecule has 2 aromatic rings. The van der Waals surface area contributed by atoms with Gasteiger partial charge in [0.15, 0.2) is 0 Å². The Hall–Kier alpha value is -2.22. The van der Waals surface area contributed by atoms with Gasteiger partial charge in [-0.15, -0.1) is 11.3 Å². The Bertz CT molecular complexity index is 693. The number of carbonyl (C=O) groups excluding carboxylic acids is 1. The number of carboxylic acid groups (broad SMARTS) is 1. The van der Waals surface area contributed by atoms with Crippen LogP contribution in [0.3, 0.4) is 0 Å². The first-order valence-corrected chi connectivity index (χ1v) is 7.39. The molecule has 1 atom stereocenters. The van der Waals surface area contributed by atoms with Gasteiger partial charge in [-0.25, -0.2) is 4.98 Å². The molecule has 3 rings (SSSR count). The number of amides is 1. The molecule has 110 valence electrons. The Morgan fingerprint density at radius 3 is 2.90 bits per heavy atom. The highest BCUT2D eigenvalue weighted by atomic mass is 32.1. The third kappa shape index (κ3) is 2.66. The van der Waals surface area contributed by atoms with Crippen LogP contribution in [-0.2, 0) is 11.8 Å². The van der Waals surface area contributed by atoms with Gasteiger partial charge in [-0.2, -0.15) is 5.10 Å². The number of aromatic nitrogens is 3. The van der Waals surface area contributed by atoms with Crippen LogP contribution in [-0.4, -0.2) is 49.7 Å². The zero-order valence-electron chi connectivity index (χ0n) is 11.4. The monoisotopic (exact) mass is 306 g/mol. The molecule has 1 saturated heterocycles. The van der Waals surface area contributed by atoms with Gasteiger partial charge < -0.3 is 10.0 Å². The molecule has 1 N–H and O–H groups in total. The number of aryl methyl sites for hydroxylation is 1. The number of nitrogens with zero attached hydrogens (tertiary/aromatic N) is 4. The Kier molecular flexibility index (Phi) is 3.46. The molecule has 0 bridgehead atoms. The van der Waals surface area contributed by atoms with Crippen molar-refractivity contribution in [2.24, 2.45) is 13.0 Å². The molecule has 0 aliphatic carbocycles. The van der Waals surface area contributed by atoms with E-state index in [1.807, 2.05) is 13.2 Å². The summed E-state index contributed by atoms with van der Waals surface area (Å²) in [5, 5.41) is 15.5. The third-order valence-electron chi connectivity index (χ3n) is 3.50. The Morgan fingerprint density at radius 1 is 1.48 bits per heavy atom. The molecular weight excluding hydrogens is 292 g/mol. The van der Waals surface area contributed by atoms with E-state index in [1.165, 1.54) is 11.3 Å². The van der Waals surface area contributed by atoms with Gasteiger partial charge in [0.1, 0.15) is 10.7 Å². The summed E-state index contributed by atoms with van der Waals surface area (Å²) in [6.07, 6.45) is 4.04. The second-order valence-electron chi connectivity index (χ2n) is 5.02. The number of aliphatic carboxylic acids is 1. The van der Waals surface area contributed by atoms with E-state index in [4.69, 9.17) is 5.11 Å². The van der Waals surface area contributed by atoms with E-state index in [-0.39, 0.29) is 12.5 Å². The van der Waals surface area contributed by atoms with Gasteiger partial charge in [-0.1, -0.05) is 0 Å². The summed E-state index contributed by atoms with van der Waals surface area (Å²) in [6.45, 7) is 0.726. The minimum Gasteiger partial charge on any atom is -0.481 e. The second-order valence-corrected chi connectivity index (χ2v) is 5.87. The van der Waals surface area contributed by atoms with Crippen LogP contribution < -0.4 is 0 Å². The van der Waals surface area contributed by atoms with E-state index in [0.717, 1.165) is 10.6 Å². The summed E-state index contributed by atoms with van der Waals surface area (Å²) in [4.78, 5) is 29.1. The van der Waals surface area contributed by atoms with Gasteiger partial charge in [0.25, 0.3) is 5.91 Å². The lowest BCUT2D eigenvalue weighted by Gasteiger charge is -2.13. The average molecular weight is 306 g/mol. The molecule has 3 heterocycles. The molecular formula is C13H14N4O3S. The van der Waals surface area contributed by atoms with Gasteiger partial charge in [-0.05, 0) is 6.42 Å². The molecule has 0 unspecified atom stereocenters. The number of carboxylic acids is 1. The molecule has 0 radical (unpaired) electrons. The van der Waals surface area contributed by atoms with E-state index in [0.29, 0.717) is 18.7 Å². The number of hydrogen-bond donors (Lipinski definition) is 1. The maximum atomic E-state index is 12.3. The Morgan fingerprint density at radius 2 is 2.29 bits per heavy atom. The fourth-order valence-corrected chi connectivity index (χ4v) is 3.11. The topological polar surface area (TPSA) is 88.3 Å². The van der Waals surface area contributed by atoms with Crippen LogP contribution >= 0.6 is 11.3 Å². The summed E-state index contributed by atoms with van der Waals surface area (Å²) in [7, 11) is 1.82. The Labute approximate surface area is 124 Å². The third-order valence-corrected chi connectivity index (χ3v) is 4.39. The minimum absolute atomic E-state index is 0.204. The van der Waals surface area contributed by atoms with Gasteiger partial charge in [-0.3, -0.25) is 14.3 Å². The molecule has 1 amide bonds. The molecule has 1 aliphatic heterocycles. The molecule has 1 aliphatic rings. The van der Waals surface area contributed by atoms with E-state index >= 15 is 0 Å². The molecule has 8 heteroatoms. The first kappa shape index (κ1) is 13.7. The zero-order chi connectivity index (χ0) is 15.0. The van der Waals surface area contributed by atoms with Crippen LogP contribution in [0.25, 0.3) is 10.6 Å². The predicted molar refractivity (Wildman–Crippen MR) is 76.0 cm³/mol. The lowest BCUT2D eigenvalue weighted by Crippen LogP contribution is -2.30. The molecule has 0 spiro atoms. The van der Waals surface area contributed by atoms with Crippen molar-refractivity contribution in [2.75, 3.05) is 13.1 Å². The normalized spacial score (nSPS) is 18.1. The molecule has 2 aromatic heterocycles. The molecule has 7 nitrogen and oxygen atoms in total. The second kappa shape index (κ2) is 5.28. The van der Waals surface area contributed by atoms with Crippen LogP contribution in [0.1, 0.15) is 16.9 Å². The van der Waals surface area contributed by atoms with Gasteiger partial charge >= 0.3 is 5.97 Å². The number of thiazole rings is 1. The fourth-order valence-electron chi connectivity index (χ4n) is 2.34. The van der Waals surface area contributed by atoms with E-state index in [1.54, 1.807) is 21.2 Å². The summed E-state index contributed by atoms with van der Waals surface area (Å²) in [5.41, 5.74) is 1.23. The maximum absolute atomic E-state index is 12.3. The Balaban J connectivity index is 1.74.